The third-order valence-corrected chi connectivity index (χ3v) is 5.82. The molecule has 0 aliphatic heterocycles. The zero-order valence-electron chi connectivity index (χ0n) is 11.9. The normalized spacial score (nSPS) is 12.9. The molecule has 5 nitrogen and oxygen atoms in total. The van der Waals surface area contributed by atoms with Crippen molar-refractivity contribution in [1.29, 1.82) is 5.26 Å². The van der Waals surface area contributed by atoms with Crippen LogP contribution in [-0.4, -0.2) is 13.4 Å². The third kappa shape index (κ3) is 3.29. The molecule has 2 aromatic rings. The van der Waals surface area contributed by atoms with Gasteiger partial charge in [-0.3, -0.25) is 0 Å². The van der Waals surface area contributed by atoms with Crippen LogP contribution < -0.4 is 4.72 Å². The molecular formula is C14H15N3O2S2. The zero-order chi connectivity index (χ0) is 15.6. The Morgan fingerprint density at radius 3 is 2.57 bits per heavy atom. The van der Waals surface area contributed by atoms with Crippen molar-refractivity contribution >= 4 is 21.4 Å². The second kappa shape index (κ2) is 5.93. The molecule has 0 aliphatic carbocycles. The highest BCUT2D eigenvalue weighted by Gasteiger charge is 2.23. The predicted molar refractivity (Wildman–Crippen MR) is 81.5 cm³/mol. The van der Waals surface area contributed by atoms with Gasteiger partial charge >= 0.3 is 0 Å². The summed E-state index contributed by atoms with van der Waals surface area (Å²) < 4.78 is 27.5. The minimum Gasteiger partial charge on any atom is -0.247 e. The van der Waals surface area contributed by atoms with Crippen LogP contribution in [0.2, 0.25) is 0 Å². The number of nitrogens with one attached hydrogen (secondary N) is 1. The number of nitriles is 1. The molecule has 0 aliphatic rings. The standard InChI is InChI=1S/C14H15N3O2S2/c1-9-14(20-11(3)16-9)10(2)17-21(18,19)13-7-5-4-6-12(13)8-15/h4-7,10,17H,1-3H3. The number of thiazole rings is 1. The molecule has 1 N–H and O–H groups in total. The number of aryl methyl sites for hydroxylation is 2. The monoisotopic (exact) mass is 321 g/mol. The molecular weight excluding hydrogens is 306 g/mol. The van der Waals surface area contributed by atoms with Crippen molar-refractivity contribution in [3.05, 3.63) is 45.4 Å². The summed E-state index contributed by atoms with van der Waals surface area (Å²) in [5.41, 5.74) is 0.954. The van der Waals surface area contributed by atoms with Crippen molar-refractivity contribution in [2.24, 2.45) is 0 Å². The predicted octanol–water partition coefficient (Wildman–Crippen LogP) is 2.67. The fourth-order valence-corrected chi connectivity index (χ4v) is 4.47. The Morgan fingerprint density at radius 2 is 2.00 bits per heavy atom. The molecule has 2 rings (SSSR count). The molecule has 0 saturated carbocycles. The highest BCUT2D eigenvalue weighted by molar-refractivity contribution is 7.89. The van der Waals surface area contributed by atoms with Crippen LogP contribution in [0, 0.1) is 25.2 Å². The molecule has 1 aromatic carbocycles. The van der Waals surface area contributed by atoms with E-state index in [0.29, 0.717) is 0 Å². The summed E-state index contributed by atoms with van der Waals surface area (Å²) >= 11 is 1.47. The number of benzene rings is 1. The van der Waals surface area contributed by atoms with Gasteiger partial charge in [-0.05, 0) is 32.9 Å². The van der Waals surface area contributed by atoms with Crippen LogP contribution >= 0.6 is 11.3 Å². The average Bonchev–Trinajstić information content (AvgIpc) is 2.77. The van der Waals surface area contributed by atoms with Crippen LogP contribution in [0.15, 0.2) is 29.2 Å². The van der Waals surface area contributed by atoms with Gasteiger partial charge in [-0.1, -0.05) is 12.1 Å². The molecule has 1 heterocycles. The number of rotatable bonds is 4. The Morgan fingerprint density at radius 1 is 1.33 bits per heavy atom. The van der Waals surface area contributed by atoms with Gasteiger partial charge in [0.05, 0.1) is 27.2 Å². The minimum atomic E-state index is -3.75. The van der Waals surface area contributed by atoms with Crippen LogP contribution in [0.5, 0.6) is 0 Å². The van der Waals surface area contributed by atoms with Gasteiger partial charge in [0.15, 0.2) is 0 Å². The van der Waals surface area contributed by atoms with Gasteiger partial charge in [0.1, 0.15) is 6.07 Å². The number of hydrogen-bond donors (Lipinski definition) is 1. The van der Waals surface area contributed by atoms with E-state index in [1.54, 1.807) is 19.1 Å². The summed E-state index contributed by atoms with van der Waals surface area (Å²) in [6, 6.07) is 7.66. The average molecular weight is 321 g/mol. The van der Waals surface area contributed by atoms with E-state index in [4.69, 9.17) is 5.26 Å². The van der Waals surface area contributed by atoms with E-state index in [0.717, 1.165) is 15.6 Å². The lowest BCUT2D eigenvalue weighted by Crippen LogP contribution is -2.27. The van der Waals surface area contributed by atoms with Gasteiger partial charge in [-0.2, -0.15) is 5.26 Å². The SMILES string of the molecule is Cc1nc(C)c(C(C)NS(=O)(=O)c2ccccc2C#N)s1. The van der Waals surface area contributed by atoms with E-state index in [1.165, 1.54) is 23.5 Å². The number of hydrogen-bond acceptors (Lipinski definition) is 5. The highest BCUT2D eigenvalue weighted by Crippen LogP contribution is 2.26. The Kier molecular flexibility index (Phi) is 4.42. The van der Waals surface area contributed by atoms with E-state index >= 15 is 0 Å². The summed E-state index contributed by atoms with van der Waals surface area (Å²) in [5, 5.41) is 9.92. The van der Waals surface area contributed by atoms with Gasteiger partial charge in [0, 0.05) is 4.88 Å². The lowest BCUT2D eigenvalue weighted by Gasteiger charge is -2.14. The zero-order valence-corrected chi connectivity index (χ0v) is 13.5. The molecule has 0 amide bonds. The maximum absolute atomic E-state index is 12.4. The first-order valence-corrected chi connectivity index (χ1v) is 8.60. The summed E-state index contributed by atoms with van der Waals surface area (Å²) in [4.78, 5) is 5.18. The smallest absolute Gasteiger partial charge is 0.242 e. The topological polar surface area (TPSA) is 82.8 Å². The summed E-state index contributed by atoms with van der Waals surface area (Å²) in [7, 11) is -3.75. The Labute approximate surface area is 128 Å². The first-order valence-electron chi connectivity index (χ1n) is 6.30. The van der Waals surface area contributed by atoms with Crippen LogP contribution in [0.25, 0.3) is 0 Å². The summed E-state index contributed by atoms with van der Waals surface area (Å²) in [6.45, 7) is 5.51. The maximum atomic E-state index is 12.4. The van der Waals surface area contributed by atoms with Crippen LogP contribution in [0.3, 0.4) is 0 Å². The number of aromatic nitrogens is 1. The number of sulfonamides is 1. The van der Waals surface area contributed by atoms with Gasteiger partial charge in [-0.25, -0.2) is 18.1 Å². The third-order valence-electron chi connectivity index (χ3n) is 2.96. The van der Waals surface area contributed by atoms with Gasteiger partial charge in [-0.15, -0.1) is 11.3 Å². The summed E-state index contributed by atoms with van der Waals surface area (Å²) in [6.07, 6.45) is 0. The summed E-state index contributed by atoms with van der Waals surface area (Å²) in [5.74, 6) is 0. The second-order valence-corrected chi connectivity index (χ2v) is 7.55. The quantitative estimate of drug-likeness (QED) is 0.938. The largest absolute Gasteiger partial charge is 0.247 e. The Balaban J connectivity index is 2.34. The van der Waals surface area contributed by atoms with E-state index in [-0.39, 0.29) is 10.5 Å². The molecule has 0 bridgehead atoms. The first kappa shape index (κ1) is 15.6. The fraction of sp³-hybridized carbons (Fsp3) is 0.286. The van der Waals surface area contributed by atoms with Crippen molar-refractivity contribution < 1.29 is 8.42 Å². The molecule has 110 valence electrons. The van der Waals surface area contributed by atoms with Crippen LogP contribution in [0.1, 0.15) is 34.1 Å². The van der Waals surface area contributed by atoms with Crippen molar-refractivity contribution in [3.63, 3.8) is 0 Å². The Hall–Kier alpha value is -1.75. The lowest BCUT2D eigenvalue weighted by atomic mass is 10.2. The molecule has 1 unspecified atom stereocenters. The van der Waals surface area contributed by atoms with E-state index in [1.807, 2.05) is 19.9 Å². The molecule has 1 aromatic heterocycles. The van der Waals surface area contributed by atoms with Gasteiger partial charge in [0.25, 0.3) is 0 Å². The van der Waals surface area contributed by atoms with Crippen molar-refractivity contribution in [2.45, 2.75) is 31.7 Å². The minimum absolute atomic E-state index is 0.00163. The lowest BCUT2D eigenvalue weighted by molar-refractivity contribution is 0.567. The van der Waals surface area contributed by atoms with Gasteiger partial charge in [0.2, 0.25) is 10.0 Å². The van der Waals surface area contributed by atoms with Crippen molar-refractivity contribution in [1.82, 2.24) is 9.71 Å². The first-order chi connectivity index (χ1) is 9.85. The number of nitrogens with zero attached hydrogens (tertiary/aromatic N) is 2. The molecule has 0 radical (unpaired) electrons. The fourth-order valence-electron chi connectivity index (χ4n) is 2.09. The molecule has 0 saturated heterocycles. The second-order valence-electron chi connectivity index (χ2n) is 4.63. The van der Waals surface area contributed by atoms with E-state index in [2.05, 4.69) is 9.71 Å². The van der Waals surface area contributed by atoms with Crippen LogP contribution in [0.4, 0.5) is 0 Å². The highest BCUT2D eigenvalue weighted by atomic mass is 32.2. The molecule has 1 atom stereocenters. The van der Waals surface area contributed by atoms with E-state index < -0.39 is 16.1 Å². The molecule has 0 spiro atoms. The maximum Gasteiger partial charge on any atom is 0.242 e. The van der Waals surface area contributed by atoms with Crippen LogP contribution in [-0.2, 0) is 10.0 Å². The molecule has 21 heavy (non-hydrogen) atoms. The van der Waals surface area contributed by atoms with Crippen molar-refractivity contribution in [2.75, 3.05) is 0 Å². The molecule has 7 heteroatoms. The molecule has 0 fully saturated rings. The van der Waals surface area contributed by atoms with E-state index in [9.17, 15) is 8.42 Å². The Bertz CT molecular complexity index is 804. The van der Waals surface area contributed by atoms with Gasteiger partial charge < -0.3 is 0 Å². The van der Waals surface area contributed by atoms with Crippen molar-refractivity contribution in [3.8, 4) is 6.07 Å².